The van der Waals surface area contributed by atoms with Gasteiger partial charge in [0.25, 0.3) is 0 Å². The average molecular weight is 469 g/mol. The SMILES string of the molecule is [B]c1cnn2c(NCCNS(=O)(=O)c3cccc4ccccc34)cc(-c3ccccc3O)nc12. The number of sulfonamides is 1. The van der Waals surface area contributed by atoms with E-state index >= 15 is 0 Å². The molecule has 0 amide bonds. The van der Waals surface area contributed by atoms with Crippen molar-refractivity contribution in [1.82, 2.24) is 19.3 Å². The van der Waals surface area contributed by atoms with Crippen LogP contribution >= 0.6 is 0 Å². The van der Waals surface area contributed by atoms with E-state index in [1.54, 1.807) is 48.5 Å². The molecule has 2 heterocycles. The summed E-state index contributed by atoms with van der Waals surface area (Å²) in [6.07, 6.45) is 1.49. The highest BCUT2D eigenvalue weighted by molar-refractivity contribution is 7.89. The van der Waals surface area contributed by atoms with E-state index in [4.69, 9.17) is 7.85 Å². The van der Waals surface area contributed by atoms with Gasteiger partial charge >= 0.3 is 0 Å². The quantitative estimate of drug-likeness (QED) is 0.250. The van der Waals surface area contributed by atoms with E-state index in [2.05, 4.69) is 20.1 Å². The van der Waals surface area contributed by atoms with Gasteiger partial charge in [-0.1, -0.05) is 48.5 Å². The zero-order chi connectivity index (χ0) is 23.7. The Balaban J connectivity index is 1.37. The Morgan fingerprint density at radius 3 is 2.59 bits per heavy atom. The molecule has 0 aliphatic heterocycles. The van der Waals surface area contributed by atoms with E-state index in [9.17, 15) is 13.5 Å². The third-order valence-electron chi connectivity index (χ3n) is 5.44. The average Bonchev–Trinajstić information content (AvgIpc) is 3.22. The van der Waals surface area contributed by atoms with Gasteiger partial charge in [-0.25, -0.2) is 18.1 Å². The van der Waals surface area contributed by atoms with Gasteiger partial charge in [-0.3, -0.25) is 0 Å². The van der Waals surface area contributed by atoms with Crippen LogP contribution in [0.5, 0.6) is 5.75 Å². The molecular formula is C24H20BN5O3S. The van der Waals surface area contributed by atoms with Crippen LogP contribution < -0.4 is 15.5 Å². The van der Waals surface area contributed by atoms with Crippen molar-refractivity contribution in [3.63, 3.8) is 0 Å². The van der Waals surface area contributed by atoms with Crippen molar-refractivity contribution in [1.29, 1.82) is 0 Å². The number of phenolic OH excluding ortho intramolecular Hbond substituents is 1. The number of aromatic hydroxyl groups is 1. The largest absolute Gasteiger partial charge is 0.507 e. The Kier molecular flexibility index (Phi) is 5.68. The lowest BCUT2D eigenvalue weighted by Crippen LogP contribution is -2.29. The topological polar surface area (TPSA) is 109 Å². The maximum Gasteiger partial charge on any atom is 0.241 e. The van der Waals surface area contributed by atoms with Crippen molar-refractivity contribution in [2.45, 2.75) is 4.90 Å². The highest BCUT2D eigenvalue weighted by atomic mass is 32.2. The number of para-hydroxylation sites is 1. The second-order valence-electron chi connectivity index (χ2n) is 7.68. The number of aromatic nitrogens is 3. The molecule has 3 aromatic carbocycles. The van der Waals surface area contributed by atoms with Crippen LogP contribution in [-0.2, 0) is 10.0 Å². The molecule has 0 bridgehead atoms. The summed E-state index contributed by atoms with van der Waals surface area (Å²) in [6.45, 7) is 0.418. The molecule has 5 rings (SSSR count). The normalized spacial score (nSPS) is 11.8. The standard InChI is InChI=1S/C24H20BN5O3S/c25-19-15-27-30-23(14-20(29-24(19)30)18-9-3-4-10-21(18)31)26-12-13-28-34(32,33)22-11-5-7-16-6-1-2-8-17(16)22/h1-11,14-15,26,28,31H,12-13H2. The number of rotatable bonds is 7. The van der Waals surface area contributed by atoms with Crippen LogP contribution in [0.3, 0.4) is 0 Å². The number of nitrogens with one attached hydrogen (secondary N) is 2. The van der Waals surface area contributed by atoms with Gasteiger partial charge in [-0.15, -0.1) is 0 Å². The van der Waals surface area contributed by atoms with Crippen LogP contribution in [-0.4, -0.2) is 49.1 Å². The second-order valence-corrected chi connectivity index (χ2v) is 9.42. The van der Waals surface area contributed by atoms with Crippen LogP contribution in [0, 0.1) is 0 Å². The molecule has 34 heavy (non-hydrogen) atoms. The molecule has 0 aliphatic carbocycles. The molecule has 2 aromatic heterocycles. The molecule has 3 N–H and O–H groups in total. The Morgan fingerprint density at radius 2 is 1.74 bits per heavy atom. The highest BCUT2D eigenvalue weighted by Gasteiger charge is 2.17. The van der Waals surface area contributed by atoms with Gasteiger partial charge in [0.05, 0.1) is 10.6 Å². The van der Waals surface area contributed by atoms with Crippen LogP contribution in [0.15, 0.2) is 83.9 Å². The first-order chi connectivity index (χ1) is 16.4. The Labute approximate surface area is 197 Å². The summed E-state index contributed by atoms with van der Waals surface area (Å²) in [7, 11) is 2.31. The number of nitrogens with zero attached hydrogens (tertiary/aromatic N) is 3. The van der Waals surface area contributed by atoms with Gasteiger partial charge in [-0.2, -0.15) is 9.61 Å². The van der Waals surface area contributed by atoms with Crippen molar-refractivity contribution in [3.8, 4) is 17.0 Å². The molecule has 168 valence electrons. The van der Waals surface area contributed by atoms with Crippen molar-refractivity contribution < 1.29 is 13.5 Å². The molecule has 0 atom stereocenters. The molecule has 0 unspecified atom stereocenters. The molecule has 0 saturated heterocycles. The zero-order valence-corrected chi connectivity index (χ0v) is 18.8. The predicted octanol–water partition coefficient (Wildman–Crippen LogP) is 2.44. The monoisotopic (exact) mass is 469 g/mol. The molecule has 0 aliphatic rings. The second kappa shape index (κ2) is 8.81. The third kappa shape index (κ3) is 4.09. The fraction of sp³-hybridized carbons (Fsp3) is 0.0833. The number of fused-ring (bicyclic) bond motifs is 2. The molecule has 0 spiro atoms. The van der Waals surface area contributed by atoms with Gasteiger partial charge in [0.1, 0.15) is 19.4 Å². The van der Waals surface area contributed by atoms with Gasteiger partial charge in [0.15, 0.2) is 5.65 Å². The lowest BCUT2D eigenvalue weighted by Gasteiger charge is -2.13. The Hall–Kier alpha value is -3.89. The predicted molar refractivity (Wildman–Crippen MR) is 133 cm³/mol. The fourth-order valence-electron chi connectivity index (χ4n) is 3.82. The molecule has 2 radical (unpaired) electrons. The number of anilines is 1. The first-order valence-electron chi connectivity index (χ1n) is 10.6. The summed E-state index contributed by atoms with van der Waals surface area (Å²) in [5.74, 6) is 0.649. The number of benzene rings is 3. The van der Waals surface area contributed by atoms with Gasteiger partial charge in [0, 0.05) is 36.3 Å². The fourth-order valence-corrected chi connectivity index (χ4v) is 5.08. The van der Waals surface area contributed by atoms with Gasteiger partial charge < -0.3 is 10.4 Å². The molecule has 0 saturated carbocycles. The van der Waals surface area contributed by atoms with Crippen LogP contribution in [0.1, 0.15) is 0 Å². The number of hydrogen-bond acceptors (Lipinski definition) is 6. The first-order valence-corrected chi connectivity index (χ1v) is 12.1. The van der Waals surface area contributed by atoms with E-state index in [0.717, 1.165) is 5.39 Å². The van der Waals surface area contributed by atoms with Crippen LogP contribution in [0.25, 0.3) is 27.7 Å². The minimum Gasteiger partial charge on any atom is -0.507 e. The number of phenols is 1. The van der Waals surface area contributed by atoms with Crippen molar-refractivity contribution in [2.24, 2.45) is 0 Å². The summed E-state index contributed by atoms with van der Waals surface area (Å²) in [5, 5.41) is 19.2. The summed E-state index contributed by atoms with van der Waals surface area (Å²) >= 11 is 0. The Morgan fingerprint density at radius 1 is 0.971 bits per heavy atom. The van der Waals surface area contributed by atoms with Crippen LogP contribution in [0.4, 0.5) is 5.82 Å². The molecule has 5 aromatic rings. The summed E-state index contributed by atoms with van der Waals surface area (Å²) in [6, 6.07) is 21.1. The summed E-state index contributed by atoms with van der Waals surface area (Å²) < 4.78 is 30.1. The molecule has 0 fully saturated rings. The summed E-state index contributed by atoms with van der Waals surface area (Å²) in [4.78, 5) is 4.76. The van der Waals surface area contributed by atoms with E-state index in [1.807, 2.05) is 24.3 Å². The van der Waals surface area contributed by atoms with Gasteiger partial charge in [-0.05, 0) is 29.0 Å². The smallest absolute Gasteiger partial charge is 0.241 e. The molecule has 8 nitrogen and oxygen atoms in total. The third-order valence-corrected chi connectivity index (χ3v) is 6.96. The molecular weight excluding hydrogens is 449 g/mol. The lowest BCUT2D eigenvalue weighted by atomic mass is 10.0. The maximum absolute atomic E-state index is 12.9. The van der Waals surface area contributed by atoms with Crippen molar-refractivity contribution >= 4 is 45.6 Å². The summed E-state index contributed by atoms with van der Waals surface area (Å²) in [5.41, 5.74) is 1.87. The minimum absolute atomic E-state index is 0.0891. The lowest BCUT2D eigenvalue weighted by molar-refractivity contribution is 0.477. The molecule has 10 heteroatoms. The highest BCUT2D eigenvalue weighted by Crippen LogP contribution is 2.29. The van der Waals surface area contributed by atoms with Crippen molar-refractivity contribution in [2.75, 3.05) is 18.4 Å². The number of hydrogen-bond donors (Lipinski definition) is 3. The van der Waals surface area contributed by atoms with E-state index < -0.39 is 10.0 Å². The van der Waals surface area contributed by atoms with Crippen LogP contribution in [0.2, 0.25) is 0 Å². The van der Waals surface area contributed by atoms with E-state index in [-0.39, 0.29) is 23.7 Å². The van der Waals surface area contributed by atoms with Gasteiger partial charge in [0.2, 0.25) is 10.0 Å². The van der Waals surface area contributed by atoms with Crippen molar-refractivity contribution in [3.05, 3.63) is 79.0 Å². The van der Waals surface area contributed by atoms with E-state index in [0.29, 0.717) is 33.6 Å². The maximum atomic E-state index is 12.9. The zero-order valence-electron chi connectivity index (χ0n) is 18.0. The first kappa shape index (κ1) is 21.9. The van der Waals surface area contributed by atoms with E-state index in [1.165, 1.54) is 10.7 Å². The Bertz CT molecular complexity index is 1610. The minimum atomic E-state index is -3.71.